The van der Waals surface area contributed by atoms with Crippen LogP contribution in [-0.2, 0) is 9.59 Å². The molecule has 1 N–H and O–H groups in total. The van der Waals surface area contributed by atoms with Crippen LogP contribution < -0.4 is 5.32 Å². The third-order valence-electron chi connectivity index (χ3n) is 2.38. The Kier molecular flexibility index (Phi) is 8.81. The highest BCUT2D eigenvalue weighted by Gasteiger charge is 2.06. The third kappa shape index (κ3) is 8.41. The molecule has 0 atom stereocenters. The van der Waals surface area contributed by atoms with Crippen LogP contribution >= 0.6 is 0 Å². The summed E-state index contributed by atoms with van der Waals surface area (Å²) in [5.74, 6) is 0.356. The van der Waals surface area contributed by atoms with E-state index in [0.717, 1.165) is 25.9 Å². The lowest BCUT2D eigenvalue weighted by Crippen LogP contribution is -2.35. The van der Waals surface area contributed by atoms with Crippen LogP contribution in [0.2, 0.25) is 0 Å². The zero-order valence-corrected chi connectivity index (χ0v) is 10.7. The zero-order valence-electron chi connectivity index (χ0n) is 10.7. The van der Waals surface area contributed by atoms with E-state index >= 15 is 0 Å². The van der Waals surface area contributed by atoms with Gasteiger partial charge in [0, 0.05) is 19.4 Å². The van der Waals surface area contributed by atoms with E-state index in [9.17, 15) is 9.59 Å². The normalized spacial score (nSPS) is 10.5. The average Bonchev–Trinajstić information content (AvgIpc) is 2.25. The molecular weight excluding hydrogens is 204 g/mol. The number of ketones is 1. The summed E-state index contributed by atoms with van der Waals surface area (Å²) in [5, 5.41) is 2.83. The van der Waals surface area contributed by atoms with Gasteiger partial charge in [0.25, 0.3) is 0 Å². The van der Waals surface area contributed by atoms with Crippen molar-refractivity contribution in [3.05, 3.63) is 0 Å². The van der Waals surface area contributed by atoms with E-state index in [0.29, 0.717) is 25.2 Å². The molecule has 0 aromatic heterocycles. The molecule has 0 radical (unpaired) electrons. The van der Waals surface area contributed by atoms with Crippen LogP contribution in [0.25, 0.3) is 0 Å². The topological polar surface area (TPSA) is 49.4 Å². The Balaban J connectivity index is 3.53. The number of likely N-dealkylation sites (N-methyl/N-ethyl adjacent to an activating group) is 1. The molecule has 0 aromatic carbocycles. The first-order valence-corrected chi connectivity index (χ1v) is 6.07. The number of nitrogens with zero attached hydrogens (tertiary/aromatic N) is 1. The predicted octanol–water partition coefficient (Wildman–Crippen LogP) is 1.20. The Morgan fingerprint density at radius 3 is 2.50 bits per heavy atom. The first-order valence-electron chi connectivity index (χ1n) is 6.07. The van der Waals surface area contributed by atoms with Gasteiger partial charge in [0.2, 0.25) is 5.91 Å². The summed E-state index contributed by atoms with van der Waals surface area (Å²) in [6, 6.07) is 0. The van der Waals surface area contributed by atoms with Crippen LogP contribution in [0.4, 0.5) is 0 Å². The van der Waals surface area contributed by atoms with Gasteiger partial charge in [0.15, 0.2) is 0 Å². The van der Waals surface area contributed by atoms with E-state index in [-0.39, 0.29) is 5.91 Å². The standard InChI is InChI=1S/C12H24N2O2/c1-4-8-13-12(16)10-14(3)9-6-7-11(15)5-2/h4-10H2,1-3H3,(H,13,16). The molecule has 0 aromatic rings. The highest BCUT2D eigenvalue weighted by atomic mass is 16.2. The number of rotatable bonds is 9. The van der Waals surface area contributed by atoms with Crippen molar-refractivity contribution < 1.29 is 9.59 Å². The number of carbonyl (C=O) groups excluding carboxylic acids is 2. The van der Waals surface area contributed by atoms with Crippen molar-refractivity contribution in [1.29, 1.82) is 0 Å². The van der Waals surface area contributed by atoms with E-state index in [1.807, 2.05) is 25.8 Å². The number of carbonyl (C=O) groups is 2. The summed E-state index contributed by atoms with van der Waals surface area (Å²) in [6.07, 6.45) is 3.03. The summed E-state index contributed by atoms with van der Waals surface area (Å²) < 4.78 is 0. The van der Waals surface area contributed by atoms with Crippen LogP contribution in [0.5, 0.6) is 0 Å². The fourth-order valence-corrected chi connectivity index (χ4v) is 1.37. The largest absolute Gasteiger partial charge is 0.355 e. The molecule has 16 heavy (non-hydrogen) atoms. The quantitative estimate of drug-likeness (QED) is 0.645. The lowest BCUT2D eigenvalue weighted by atomic mass is 10.2. The maximum atomic E-state index is 11.3. The first-order chi connectivity index (χ1) is 7.60. The molecule has 0 bridgehead atoms. The summed E-state index contributed by atoms with van der Waals surface area (Å²) in [7, 11) is 1.90. The van der Waals surface area contributed by atoms with E-state index in [1.165, 1.54) is 0 Å². The minimum absolute atomic E-state index is 0.0613. The molecule has 0 aliphatic rings. The number of hydrogen-bond acceptors (Lipinski definition) is 3. The first kappa shape index (κ1) is 15.1. The van der Waals surface area contributed by atoms with Gasteiger partial charge in [-0.3, -0.25) is 14.5 Å². The van der Waals surface area contributed by atoms with Gasteiger partial charge >= 0.3 is 0 Å². The van der Waals surface area contributed by atoms with Crippen LogP contribution in [-0.4, -0.2) is 43.3 Å². The zero-order chi connectivity index (χ0) is 12.4. The number of hydrogen-bond donors (Lipinski definition) is 1. The van der Waals surface area contributed by atoms with Gasteiger partial charge in [0.1, 0.15) is 5.78 Å². The van der Waals surface area contributed by atoms with Crippen molar-refractivity contribution in [2.24, 2.45) is 0 Å². The lowest BCUT2D eigenvalue weighted by molar-refractivity contribution is -0.121. The van der Waals surface area contributed by atoms with E-state index in [2.05, 4.69) is 5.32 Å². The summed E-state index contributed by atoms with van der Waals surface area (Å²) in [6.45, 7) is 5.86. The second-order valence-corrected chi connectivity index (χ2v) is 4.08. The molecule has 0 aliphatic carbocycles. The Bertz CT molecular complexity index is 217. The molecule has 0 rings (SSSR count). The minimum Gasteiger partial charge on any atom is -0.355 e. The van der Waals surface area contributed by atoms with Crippen molar-refractivity contribution in [2.45, 2.75) is 39.5 Å². The van der Waals surface area contributed by atoms with Gasteiger partial charge in [0.05, 0.1) is 6.54 Å². The van der Waals surface area contributed by atoms with Crippen LogP contribution in [0.3, 0.4) is 0 Å². The van der Waals surface area contributed by atoms with Crippen LogP contribution in [0.1, 0.15) is 39.5 Å². The summed E-state index contributed by atoms with van der Waals surface area (Å²) in [4.78, 5) is 24.4. The van der Waals surface area contributed by atoms with Gasteiger partial charge in [-0.15, -0.1) is 0 Å². The molecule has 0 saturated carbocycles. The molecule has 0 aliphatic heterocycles. The number of nitrogens with one attached hydrogen (secondary N) is 1. The molecule has 4 nitrogen and oxygen atoms in total. The smallest absolute Gasteiger partial charge is 0.234 e. The molecule has 94 valence electrons. The fraction of sp³-hybridized carbons (Fsp3) is 0.833. The van der Waals surface area contributed by atoms with Crippen LogP contribution in [0, 0.1) is 0 Å². The average molecular weight is 228 g/mol. The molecule has 1 amide bonds. The fourth-order valence-electron chi connectivity index (χ4n) is 1.37. The number of Topliss-reactive ketones (excluding diaryl/α,β-unsaturated/α-hetero) is 1. The molecule has 0 saturated heterocycles. The number of amides is 1. The van der Waals surface area contributed by atoms with E-state index in [1.54, 1.807) is 0 Å². The maximum Gasteiger partial charge on any atom is 0.234 e. The van der Waals surface area contributed by atoms with Crippen molar-refractivity contribution >= 4 is 11.7 Å². The third-order valence-corrected chi connectivity index (χ3v) is 2.38. The highest BCUT2D eigenvalue weighted by Crippen LogP contribution is 1.96. The Labute approximate surface area is 98.4 Å². The van der Waals surface area contributed by atoms with Crippen molar-refractivity contribution in [3.8, 4) is 0 Å². The molecule has 0 heterocycles. The Morgan fingerprint density at radius 2 is 1.94 bits per heavy atom. The van der Waals surface area contributed by atoms with Crippen molar-refractivity contribution in [1.82, 2.24) is 10.2 Å². The minimum atomic E-state index is 0.0613. The molecule has 0 fully saturated rings. The van der Waals surface area contributed by atoms with Gasteiger partial charge in [-0.1, -0.05) is 13.8 Å². The Morgan fingerprint density at radius 1 is 1.25 bits per heavy atom. The molecule has 0 unspecified atom stereocenters. The van der Waals surface area contributed by atoms with Gasteiger partial charge in [-0.2, -0.15) is 0 Å². The molecule has 0 spiro atoms. The van der Waals surface area contributed by atoms with Gasteiger partial charge < -0.3 is 5.32 Å². The van der Waals surface area contributed by atoms with Gasteiger partial charge in [-0.25, -0.2) is 0 Å². The summed E-state index contributed by atoms with van der Waals surface area (Å²) >= 11 is 0. The van der Waals surface area contributed by atoms with E-state index in [4.69, 9.17) is 0 Å². The SMILES string of the molecule is CCCNC(=O)CN(C)CCCC(=O)CC. The predicted molar refractivity (Wildman–Crippen MR) is 65.3 cm³/mol. The monoisotopic (exact) mass is 228 g/mol. The highest BCUT2D eigenvalue weighted by molar-refractivity contribution is 5.78. The van der Waals surface area contributed by atoms with Gasteiger partial charge in [-0.05, 0) is 26.4 Å². The second-order valence-electron chi connectivity index (χ2n) is 4.08. The second kappa shape index (κ2) is 9.33. The molecule has 4 heteroatoms. The van der Waals surface area contributed by atoms with Crippen molar-refractivity contribution in [3.63, 3.8) is 0 Å². The summed E-state index contributed by atoms with van der Waals surface area (Å²) in [5.41, 5.74) is 0. The van der Waals surface area contributed by atoms with Crippen LogP contribution in [0.15, 0.2) is 0 Å². The van der Waals surface area contributed by atoms with Crippen molar-refractivity contribution in [2.75, 3.05) is 26.7 Å². The Hall–Kier alpha value is -0.900. The lowest BCUT2D eigenvalue weighted by Gasteiger charge is -2.15. The maximum absolute atomic E-state index is 11.3. The molecular formula is C12H24N2O2. The van der Waals surface area contributed by atoms with E-state index < -0.39 is 0 Å².